The lowest BCUT2D eigenvalue weighted by molar-refractivity contribution is -0.296. The standard InChI is InChI=1S/C39H49NO18/c1-16-30(45)19(40-24(44)9-4-3-5-10-55-37-36(51)33(48)22(14-41)58-38(37)52)11-25(56-16)57-21-13-39(53,23(43)15-42)12-18-27(21)35(50)29-28(32(18)47)31(46)17-7-6-8-20(54-2)26(17)34(29)49/h6-8,16,19,21-22,25,30,33,36-38,41-42,45,47-48,50-53H,3-5,9-15H2,1-2H3,(H,40,44)/t16-,19-,21-,22+,25-,30+,33-,36-,37+,38?,39-/m0/s1. The van der Waals surface area contributed by atoms with Gasteiger partial charge in [0.05, 0.1) is 48.7 Å². The molecule has 10 N–H and O–H groups in total. The van der Waals surface area contributed by atoms with Crippen LogP contribution in [0.3, 0.4) is 0 Å². The predicted molar refractivity (Wildman–Crippen MR) is 194 cm³/mol. The molecule has 11 atom stereocenters. The van der Waals surface area contributed by atoms with Gasteiger partial charge in [-0.3, -0.25) is 19.2 Å². The number of unbranched alkanes of at least 4 members (excludes halogenated alkanes) is 2. The average molecular weight is 820 g/mol. The van der Waals surface area contributed by atoms with Crippen molar-refractivity contribution in [2.24, 2.45) is 0 Å². The highest BCUT2D eigenvalue weighted by atomic mass is 16.7. The van der Waals surface area contributed by atoms with Gasteiger partial charge in [-0.25, -0.2) is 0 Å². The second-order valence-electron chi connectivity index (χ2n) is 15.0. The number of rotatable bonds is 14. The third-order valence-electron chi connectivity index (χ3n) is 11.3. The molecule has 0 radical (unpaired) electrons. The number of aromatic hydroxyl groups is 2. The second kappa shape index (κ2) is 17.6. The first-order valence-corrected chi connectivity index (χ1v) is 19.0. The van der Waals surface area contributed by atoms with Crippen molar-refractivity contribution >= 4 is 23.3 Å². The quantitative estimate of drug-likeness (QED) is 0.0656. The molecule has 19 heteroatoms. The molecule has 2 aromatic rings. The summed E-state index contributed by atoms with van der Waals surface area (Å²) in [6, 6.07) is 3.35. The number of hydrogen-bond donors (Lipinski definition) is 10. The van der Waals surface area contributed by atoms with Crippen molar-refractivity contribution < 1.29 is 88.8 Å². The zero-order valence-corrected chi connectivity index (χ0v) is 31.8. The van der Waals surface area contributed by atoms with Crippen molar-refractivity contribution in [3.63, 3.8) is 0 Å². The van der Waals surface area contributed by atoms with Gasteiger partial charge in [0.2, 0.25) is 11.7 Å². The number of phenolic OH excluding ortho intramolecular Hbond substituents is 2. The molecule has 1 amide bonds. The zero-order chi connectivity index (χ0) is 42.2. The van der Waals surface area contributed by atoms with Crippen LogP contribution in [0, 0.1) is 0 Å². The lowest BCUT2D eigenvalue weighted by Crippen LogP contribution is -2.59. The molecule has 0 spiro atoms. The van der Waals surface area contributed by atoms with E-state index in [1.54, 1.807) is 0 Å². The Balaban J connectivity index is 1.14. The minimum absolute atomic E-state index is 0.0316. The van der Waals surface area contributed by atoms with Crippen LogP contribution in [0.1, 0.15) is 94.5 Å². The Kier molecular flexibility index (Phi) is 13.2. The van der Waals surface area contributed by atoms with Crippen molar-refractivity contribution in [1.29, 1.82) is 0 Å². The highest BCUT2D eigenvalue weighted by molar-refractivity contribution is 6.31. The maximum absolute atomic E-state index is 13.9. The molecule has 2 aromatic carbocycles. The first kappa shape index (κ1) is 43.5. The van der Waals surface area contributed by atoms with Crippen molar-refractivity contribution in [3.8, 4) is 17.2 Å². The third-order valence-corrected chi connectivity index (χ3v) is 11.3. The van der Waals surface area contributed by atoms with Gasteiger partial charge in [0.15, 0.2) is 24.1 Å². The number of hydrogen-bond acceptors (Lipinski definition) is 18. The molecule has 2 aliphatic heterocycles. The van der Waals surface area contributed by atoms with E-state index in [0.717, 1.165) is 0 Å². The topological polar surface area (TPSA) is 309 Å². The normalized spacial score (nSPS) is 31.9. The van der Waals surface area contributed by atoms with Crippen LogP contribution in [0.4, 0.5) is 0 Å². The van der Waals surface area contributed by atoms with Gasteiger partial charge in [-0.1, -0.05) is 18.6 Å². The number of Topliss-reactive ketones (excluding diaryl/α,β-unsaturated/α-hetero) is 1. The molecular formula is C39H49NO18. The average Bonchev–Trinajstić information content (AvgIpc) is 3.19. The lowest BCUT2D eigenvalue weighted by Gasteiger charge is -2.43. The Labute approximate surface area is 331 Å². The summed E-state index contributed by atoms with van der Waals surface area (Å²) in [4.78, 5) is 53.6. The number of nitrogens with one attached hydrogen (secondary N) is 1. The fourth-order valence-electron chi connectivity index (χ4n) is 8.17. The number of ether oxygens (including phenoxy) is 5. The Morgan fingerprint density at radius 1 is 0.931 bits per heavy atom. The SMILES string of the molecule is COc1cccc2c1C(=O)c1c(O)c3c(c(O)c1C2=O)C[C@@](O)(C(=O)CO)C[C@@H]3O[C@H]1C[C@H](NC(=O)CCCCCO[C@H]2C(O)O[C@H](CO)[C@H](O)[C@@H]2O)[C@H](O)[C@H](C)O1. The number of phenols is 2. The first-order chi connectivity index (χ1) is 27.6. The van der Waals surface area contributed by atoms with E-state index in [0.29, 0.717) is 19.3 Å². The fraction of sp³-hybridized carbons (Fsp3) is 0.590. The summed E-state index contributed by atoms with van der Waals surface area (Å²) in [5.74, 6) is -4.60. The number of amides is 1. The maximum Gasteiger partial charge on any atom is 0.220 e. The van der Waals surface area contributed by atoms with E-state index in [2.05, 4.69) is 5.32 Å². The number of aliphatic hydroxyl groups excluding tert-OH is 6. The van der Waals surface area contributed by atoms with Gasteiger partial charge in [-0.05, 0) is 25.8 Å². The summed E-state index contributed by atoms with van der Waals surface area (Å²) in [5.41, 5.74) is -4.16. The highest BCUT2D eigenvalue weighted by Crippen LogP contribution is 2.52. The molecule has 6 rings (SSSR count). The summed E-state index contributed by atoms with van der Waals surface area (Å²) in [6.45, 7) is -0.127. The monoisotopic (exact) mass is 819 g/mol. The van der Waals surface area contributed by atoms with Crippen LogP contribution in [0.5, 0.6) is 17.2 Å². The van der Waals surface area contributed by atoms with Crippen molar-refractivity contribution in [2.75, 3.05) is 26.9 Å². The Bertz CT molecular complexity index is 1900. The Morgan fingerprint density at radius 3 is 2.34 bits per heavy atom. The van der Waals surface area contributed by atoms with Gasteiger partial charge in [-0.2, -0.15) is 0 Å². The molecule has 2 aliphatic carbocycles. The molecule has 318 valence electrons. The van der Waals surface area contributed by atoms with Crippen LogP contribution >= 0.6 is 0 Å². The van der Waals surface area contributed by atoms with E-state index in [1.165, 1.54) is 32.2 Å². The molecule has 0 bridgehead atoms. The number of ketones is 3. The smallest absolute Gasteiger partial charge is 0.220 e. The largest absolute Gasteiger partial charge is 0.507 e. The fourth-order valence-corrected chi connectivity index (χ4v) is 8.17. The van der Waals surface area contributed by atoms with Crippen LogP contribution in [0.25, 0.3) is 0 Å². The van der Waals surface area contributed by atoms with E-state index in [9.17, 15) is 65.1 Å². The number of carbonyl (C=O) groups is 4. The summed E-state index contributed by atoms with van der Waals surface area (Å²) in [6.07, 6.45) is -11.9. The van der Waals surface area contributed by atoms with Gasteiger partial charge < -0.3 is 75.0 Å². The number of aliphatic hydroxyl groups is 7. The summed E-state index contributed by atoms with van der Waals surface area (Å²) < 4.78 is 28.0. The van der Waals surface area contributed by atoms with Gasteiger partial charge in [0.1, 0.15) is 60.0 Å². The predicted octanol–water partition coefficient (Wildman–Crippen LogP) is -1.46. The van der Waals surface area contributed by atoms with Crippen LogP contribution in [0.15, 0.2) is 18.2 Å². The van der Waals surface area contributed by atoms with Gasteiger partial charge in [0, 0.05) is 49.0 Å². The molecular weight excluding hydrogens is 770 g/mol. The summed E-state index contributed by atoms with van der Waals surface area (Å²) in [7, 11) is 1.29. The Hall–Kier alpha value is -4.12. The number of benzene rings is 2. The first-order valence-electron chi connectivity index (χ1n) is 19.0. The highest BCUT2D eigenvalue weighted by Gasteiger charge is 2.50. The molecule has 58 heavy (non-hydrogen) atoms. The van der Waals surface area contributed by atoms with Gasteiger partial charge in [-0.15, -0.1) is 0 Å². The van der Waals surface area contributed by atoms with Crippen molar-refractivity contribution in [3.05, 3.63) is 51.6 Å². The number of carbonyl (C=O) groups excluding carboxylic acids is 4. The van der Waals surface area contributed by atoms with E-state index in [1.807, 2.05) is 0 Å². The van der Waals surface area contributed by atoms with E-state index in [-0.39, 0.29) is 47.5 Å². The van der Waals surface area contributed by atoms with Crippen LogP contribution in [-0.4, -0.2) is 157 Å². The van der Waals surface area contributed by atoms with E-state index in [4.69, 9.17) is 23.7 Å². The molecule has 19 nitrogen and oxygen atoms in total. The summed E-state index contributed by atoms with van der Waals surface area (Å²) >= 11 is 0. The van der Waals surface area contributed by atoms with Crippen molar-refractivity contribution in [2.45, 2.75) is 119 Å². The number of methoxy groups -OCH3 is 1. The van der Waals surface area contributed by atoms with Gasteiger partial charge in [0.25, 0.3) is 0 Å². The van der Waals surface area contributed by atoms with Crippen LogP contribution < -0.4 is 10.1 Å². The number of fused-ring (bicyclic) bond motifs is 3. The zero-order valence-electron chi connectivity index (χ0n) is 31.8. The third kappa shape index (κ3) is 8.09. The van der Waals surface area contributed by atoms with Crippen molar-refractivity contribution in [1.82, 2.24) is 5.32 Å². The minimum atomic E-state index is -2.36. The second-order valence-corrected chi connectivity index (χ2v) is 15.0. The van der Waals surface area contributed by atoms with Crippen LogP contribution in [0.2, 0.25) is 0 Å². The van der Waals surface area contributed by atoms with Gasteiger partial charge >= 0.3 is 0 Å². The van der Waals surface area contributed by atoms with Crippen LogP contribution in [-0.2, 0) is 35.0 Å². The summed E-state index contributed by atoms with van der Waals surface area (Å²) in [5, 5.41) is 97.8. The molecule has 0 saturated carbocycles. The molecule has 2 fully saturated rings. The van der Waals surface area contributed by atoms with E-state index >= 15 is 0 Å². The lowest BCUT2D eigenvalue weighted by atomic mass is 9.72. The molecule has 2 saturated heterocycles. The van der Waals surface area contributed by atoms with E-state index < -0.39 is 139 Å². The minimum Gasteiger partial charge on any atom is -0.507 e. The maximum atomic E-state index is 13.9. The molecule has 2 heterocycles. The Morgan fingerprint density at radius 2 is 1.66 bits per heavy atom. The molecule has 1 unspecified atom stereocenters. The molecule has 0 aromatic heterocycles. The molecule has 4 aliphatic rings.